The van der Waals surface area contributed by atoms with Gasteiger partial charge in [0.2, 0.25) is 20.2 Å². The van der Waals surface area contributed by atoms with E-state index in [-0.39, 0.29) is 28.4 Å². The summed E-state index contributed by atoms with van der Waals surface area (Å²) in [7, 11) is -3.72. The number of benzene rings is 2. The highest BCUT2D eigenvalue weighted by atomic mass is 35.5. The normalized spacial score (nSPS) is 16.8. The zero-order valence-corrected chi connectivity index (χ0v) is 21.4. The molecule has 0 atom stereocenters. The van der Waals surface area contributed by atoms with Gasteiger partial charge < -0.3 is 9.47 Å². The largest absolute Gasteiger partial charge is 0.490 e. The summed E-state index contributed by atoms with van der Waals surface area (Å²) in [6, 6.07) is 10.8. The first-order chi connectivity index (χ1) is 16.5. The fourth-order valence-electron chi connectivity index (χ4n) is 3.24. The molecule has 0 fully saturated rings. The van der Waals surface area contributed by atoms with Crippen LogP contribution in [0.25, 0.3) is 6.08 Å². The molecule has 4 rings (SSSR count). The van der Waals surface area contributed by atoms with Crippen LogP contribution in [-0.2, 0) is 14.6 Å². The zero-order chi connectivity index (χ0) is 25.3. The number of carbonyl (C=O) groups is 1. The molecule has 2 aromatic rings. The molecule has 12 heteroatoms. The topological polar surface area (TPSA) is 121 Å². The molecule has 0 aliphatic carbocycles. The van der Waals surface area contributed by atoms with Gasteiger partial charge in [-0.3, -0.25) is 10.2 Å². The zero-order valence-electron chi connectivity index (χ0n) is 19.0. The number of amidine groups is 3. The average Bonchev–Trinajstić information content (AvgIpc) is 3.22. The van der Waals surface area contributed by atoms with Crippen molar-refractivity contribution in [1.82, 2.24) is 4.90 Å². The summed E-state index contributed by atoms with van der Waals surface area (Å²) in [6.07, 6.45) is 2.40. The molecule has 0 aromatic heterocycles. The Hall–Kier alpha value is -3.15. The molecule has 1 amide bonds. The van der Waals surface area contributed by atoms with Gasteiger partial charge in [-0.15, -0.1) is 0 Å². The fourth-order valence-corrected chi connectivity index (χ4v) is 5.33. The van der Waals surface area contributed by atoms with Gasteiger partial charge in [-0.05, 0) is 60.9 Å². The van der Waals surface area contributed by atoms with E-state index in [9.17, 15) is 13.2 Å². The predicted octanol–water partition coefficient (Wildman–Crippen LogP) is 4.04. The molecule has 0 saturated carbocycles. The Labute approximate surface area is 212 Å². The maximum Gasteiger partial charge on any atom is 0.283 e. The van der Waals surface area contributed by atoms with Crippen molar-refractivity contribution in [1.29, 1.82) is 5.41 Å². The van der Waals surface area contributed by atoms with Gasteiger partial charge in [0.25, 0.3) is 5.91 Å². The Kier molecular flexibility index (Phi) is 7.02. The minimum absolute atomic E-state index is 0.0300. The van der Waals surface area contributed by atoms with Crippen molar-refractivity contribution in [2.45, 2.75) is 13.8 Å². The SMILES string of the molecule is Cc1ccc(OCCOc2ccc(/C=C3/C(=N)N4C(=NC3=O)SN=C4S(C)(=O)=O)cc2Cl)cc1C. The monoisotopic (exact) mass is 532 g/mol. The second-order valence-electron chi connectivity index (χ2n) is 7.81. The number of sulfone groups is 1. The second kappa shape index (κ2) is 9.84. The lowest BCUT2D eigenvalue weighted by Gasteiger charge is -2.23. The van der Waals surface area contributed by atoms with E-state index in [1.54, 1.807) is 18.2 Å². The molecule has 35 heavy (non-hydrogen) atoms. The van der Waals surface area contributed by atoms with Crippen molar-refractivity contribution in [3.8, 4) is 11.5 Å². The van der Waals surface area contributed by atoms with Crippen molar-refractivity contribution in [3.05, 3.63) is 63.7 Å². The van der Waals surface area contributed by atoms with Crippen LogP contribution in [0.2, 0.25) is 5.02 Å². The van der Waals surface area contributed by atoms with Gasteiger partial charge in [-0.25, -0.2) is 13.3 Å². The second-order valence-corrected chi connectivity index (χ2v) is 10.9. The lowest BCUT2D eigenvalue weighted by molar-refractivity contribution is -0.114. The molecule has 0 radical (unpaired) electrons. The molecule has 9 nitrogen and oxygen atoms in total. The summed E-state index contributed by atoms with van der Waals surface area (Å²) in [5.74, 6) is 0.203. The number of ether oxygens (including phenoxy) is 2. The van der Waals surface area contributed by atoms with E-state index < -0.39 is 15.7 Å². The maximum atomic E-state index is 12.5. The Morgan fingerprint density at radius 1 is 1.11 bits per heavy atom. The number of amides is 1. The summed E-state index contributed by atoms with van der Waals surface area (Å²) >= 11 is 7.09. The molecule has 0 bridgehead atoms. The molecular weight excluding hydrogens is 512 g/mol. The third kappa shape index (κ3) is 5.42. The van der Waals surface area contributed by atoms with E-state index in [0.29, 0.717) is 22.9 Å². The van der Waals surface area contributed by atoms with Gasteiger partial charge in [0.15, 0.2) is 0 Å². The van der Waals surface area contributed by atoms with Crippen molar-refractivity contribution in [3.63, 3.8) is 0 Å². The standard InChI is InChI=1S/C23H21ClN4O5S2/c1-13-4-6-16(10-14(13)2)32-8-9-33-19-7-5-15(12-18(19)24)11-17-20(25)28-22(26-21(17)29)34-27-23(28)35(3,30)31/h4-7,10-12,25H,8-9H2,1-3H3/b17-11-,25-20?. The van der Waals surface area contributed by atoms with Crippen LogP contribution in [0, 0.1) is 19.3 Å². The number of hydrogen-bond acceptors (Lipinski definition) is 8. The van der Waals surface area contributed by atoms with Crippen molar-refractivity contribution in [2.75, 3.05) is 19.5 Å². The molecule has 2 aromatic carbocycles. The lowest BCUT2D eigenvalue weighted by atomic mass is 10.1. The quantitative estimate of drug-likeness (QED) is 0.338. The van der Waals surface area contributed by atoms with E-state index in [1.807, 2.05) is 32.0 Å². The molecule has 0 unspecified atom stereocenters. The third-order valence-corrected chi connectivity index (χ3v) is 7.23. The van der Waals surface area contributed by atoms with Gasteiger partial charge in [0.1, 0.15) is 30.5 Å². The van der Waals surface area contributed by atoms with Crippen LogP contribution in [0.1, 0.15) is 16.7 Å². The van der Waals surface area contributed by atoms with E-state index in [2.05, 4.69) is 9.39 Å². The molecular formula is C23H21ClN4O5S2. The van der Waals surface area contributed by atoms with Crippen molar-refractivity contribution in [2.24, 2.45) is 9.39 Å². The Balaban J connectivity index is 1.44. The average molecular weight is 533 g/mol. The van der Waals surface area contributed by atoms with Crippen LogP contribution in [0.3, 0.4) is 0 Å². The van der Waals surface area contributed by atoms with Gasteiger partial charge in [0, 0.05) is 6.26 Å². The number of aliphatic imine (C=N–C) groups is 1. The highest BCUT2D eigenvalue weighted by Gasteiger charge is 2.41. The summed E-state index contributed by atoms with van der Waals surface area (Å²) in [4.78, 5) is 17.4. The number of hydrogen-bond donors (Lipinski definition) is 1. The van der Waals surface area contributed by atoms with Crippen LogP contribution in [0.15, 0.2) is 51.4 Å². The number of rotatable bonds is 6. The number of fused-ring (bicyclic) bond motifs is 1. The van der Waals surface area contributed by atoms with Crippen LogP contribution in [-0.4, -0.2) is 54.9 Å². The Morgan fingerprint density at radius 2 is 1.86 bits per heavy atom. The molecule has 2 aliphatic rings. The molecule has 0 spiro atoms. The first-order valence-corrected chi connectivity index (χ1v) is 13.4. The van der Waals surface area contributed by atoms with Crippen LogP contribution >= 0.6 is 23.5 Å². The first-order valence-electron chi connectivity index (χ1n) is 10.4. The summed E-state index contributed by atoms with van der Waals surface area (Å²) < 4.78 is 39.2. The number of nitrogens with one attached hydrogen (secondary N) is 1. The fraction of sp³-hybridized carbons (Fsp3) is 0.217. The smallest absolute Gasteiger partial charge is 0.283 e. The van der Waals surface area contributed by atoms with Gasteiger partial charge in [-0.1, -0.05) is 23.7 Å². The molecule has 0 saturated heterocycles. The number of nitrogens with zero attached hydrogens (tertiary/aromatic N) is 3. The predicted molar refractivity (Wildman–Crippen MR) is 138 cm³/mol. The highest BCUT2D eigenvalue weighted by Crippen LogP contribution is 2.31. The van der Waals surface area contributed by atoms with Crippen molar-refractivity contribution < 1.29 is 22.7 Å². The van der Waals surface area contributed by atoms with Gasteiger partial charge in [0.05, 0.1) is 22.5 Å². The van der Waals surface area contributed by atoms with Crippen molar-refractivity contribution >= 4 is 61.5 Å². The van der Waals surface area contributed by atoms with Crippen LogP contribution < -0.4 is 9.47 Å². The highest BCUT2D eigenvalue weighted by molar-refractivity contribution is 8.16. The summed E-state index contributed by atoms with van der Waals surface area (Å²) in [6.45, 7) is 4.65. The van der Waals surface area contributed by atoms with E-state index in [0.717, 1.165) is 34.4 Å². The summed E-state index contributed by atoms with van der Waals surface area (Å²) in [5.41, 5.74) is 2.77. The minimum Gasteiger partial charge on any atom is -0.490 e. The molecule has 2 heterocycles. The van der Waals surface area contributed by atoms with E-state index in [1.165, 1.54) is 11.6 Å². The third-order valence-electron chi connectivity index (χ3n) is 5.18. The number of halogens is 1. The number of aryl methyl sites for hydroxylation is 2. The number of carbonyl (C=O) groups excluding carboxylic acids is 1. The van der Waals surface area contributed by atoms with Gasteiger partial charge in [-0.2, -0.15) is 9.39 Å². The molecule has 1 N–H and O–H groups in total. The molecule has 2 aliphatic heterocycles. The van der Waals surface area contributed by atoms with E-state index in [4.69, 9.17) is 26.5 Å². The van der Waals surface area contributed by atoms with Gasteiger partial charge >= 0.3 is 0 Å². The first kappa shape index (κ1) is 25.0. The Morgan fingerprint density at radius 3 is 2.54 bits per heavy atom. The molecule has 182 valence electrons. The van der Waals surface area contributed by atoms with E-state index >= 15 is 0 Å². The Bertz CT molecular complexity index is 1430. The van der Waals surface area contributed by atoms with Crippen LogP contribution in [0.4, 0.5) is 0 Å². The van der Waals surface area contributed by atoms with Crippen LogP contribution in [0.5, 0.6) is 11.5 Å². The summed E-state index contributed by atoms with van der Waals surface area (Å²) in [5, 5.41) is 8.39. The lowest BCUT2D eigenvalue weighted by Crippen LogP contribution is -2.45. The maximum absolute atomic E-state index is 12.5. The minimum atomic E-state index is -3.72.